The van der Waals surface area contributed by atoms with Crippen LogP contribution in [0.25, 0.3) is 0 Å². The largest absolute Gasteiger partial charge is 0.465 e. The van der Waals surface area contributed by atoms with E-state index in [1.807, 2.05) is 0 Å². The molecule has 152 valence electrons. The molecule has 0 saturated carbocycles. The van der Waals surface area contributed by atoms with Crippen LogP contribution < -0.4 is 15.4 Å². The van der Waals surface area contributed by atoms with E-state index in [4.69, 9.17) is 5.14 Å². The Labute approximate surface area is 167 Å². The number of carbonyl (C=O) groups is 3. The normalized spacial score (nSPS) is 16.9. The number of nitrogens with two attached hydrogens (primary N) is 1. The number of nitrogens with one attached hydrogen (secondary N) is 1. The number of carbonyl (C=O) groups excluding carboxylic acids is 3. The number of anilines is 1. The Bertz CT molecular complexity index is 1050. The highest BCUT2D eigenvalue weighted by molar-refractivity contribution is 7.89. The molecule has 0 radical (unpaired) electrons. The Kier molecular flexibility index (Phi) is 5.78. The summed E-state index contributed by atoms with van der Waals surface area (Å²) in [7, 11) is -2.50. The zero-order valence-electron chi connectivity index (χ0n) is 15.5. The molecule has 1 aliphatic rings. The van der Waals surface area contributed by atoms with Crippen molar-refractivity contribution in [1.82, 2.24) is 5.32 Å². The lowest BCUT2D eigenvalue weighted by atomic mass is 10.2. The van der Waals surface area contributed by atoms with Crippen LogP contribution in [0.1, 0.15) is 22.3 Å². The summed E-state index contributed by atoms with van der Waals surface area (Å²) >= 11 is 0. The standard InChI is InChI=1S/C19H19N3O6S/c1-28-19(25)13-4-6-14(7-5-13)22-17(23)10-16(18(22)24)21-11-12-2-8-15(9-3-12)29(20,26)27/h2-9,16,21H,10-11H2,1H3,(H2,20,26,27)/t16-/m1/s1. The van der Waals surface area contributed by atoms with Crippen LogP contribution in [0.15, 0.2) is 53.4 Å². The minimum Gasteiger partial charge on any atom is -0.465 e. The molecule has 9 nitrogen and oxygen atoms in total. The molecule has 10 heteroatoms. The second kappa shape index (κ2) is 8.11. The van der Waals surface area contributed by atoms with E-state index in [-0.39, 0.29) is 23.8 Å². The molecule has 1 fully saturated rings. The Morgan fingerprint density at radius 2 is 1.76 bits per heavy atom. The predicted molar refractivity (Wildman–Crippen MR) is 103 cm³/mol. The Hall–Kier alpha value is -3.08. The summed E-state index contributed by atoms with van der Waals surface area (Å²) in [6, 6.07) is 11.2. The molecule has 29 heavy (non-hydrogen) atoms. The molecule has 1 aliphatic heterocycles. The molecular weight excluding hydrogens is 398 g/mol. The number of benzene rings is 2. The van der Waals surface area contributed by atoms with Crippen molar-refractivity contribution in [2.45, 2.75) is 23.9 Å². The molecule has 0 unspecified atom stereocenters. The lowest BCUT2D eigenvalue weighted by Gasteiger charge is -2.16. The quantitative estimate of drug-likeness (QED) is 0.517. The summed E-state index contributed by atoms with van der Waals surface area (Å²) in [6.45, 7) is 0.268. The number of hydrogen-bond acceptors (Lipinski definition) is 7. The van der Waals surface area contributed by atoms with Crippen molar-refractivity contribution in [3.05, 3.63) is 59.7 Å². The van der Waals surface area contributed by atoms with Gasteiger partial charge in [0.05, 0.1) is 35.7 Å². The van der Waals surface area contributed by atoms with E-state index in [1.54, 1.807) is 12.1 Å². The summed E-state index contributed by atoms with van der Waals surface area (Å²) in [6.07, 6.45) is -0.00709. The number of ether oxygens (including phenoxy) is 1. The molecule has 2 aromatic rings. The third kappa shape index (κ3) is 4.50. The van der Waals surface area contributed by atoms with Crippen molar-refractivity contribution >= 4 is 33.5 Å². The SMILES string of the molecule is COC(=O)c1ccc(N2C(=O)C[C@@H](NCc3ccc(S(N)(=O)=O)cc3)C2=O)cc1. The van der Waals surface area contributed by atoms with Gasteiger partial charge in [0.25, 0.3) is 5.91 Å². The van der Waals surface area contributed by atoms with Gasteiger partial charge in [0, 0.05) is 6.54 Å². The van der Waals surface area contributed by atoms with Gasteiger partial charge in [-0.1, -0.05) is 12.1 Å². The van der Waals surface area contributed by atoms with E-state index in [1.165, 1.54) is 43.5 Å². The van der Waals surface area contributed by atoms with Crippen molar-refractivity contribution < 1.29 is 27.5 Å². The summed E-state index contributed by atoms with van der Waals surface area (Å²) in [4.78, 5) is 37.6. The van der Waals surface area contributed by atoms with Crippen LogP contribution in [0.3, 0.4) is 0 Å². The highest BCUT2D eigenvalue weighted by Gasteiger charge is 2.39. The van der Waals surface area contributed by atoms with E-state index in [2.05, 4.69) is 10.1 Å². The summed E-state index contributed by atoms with van der Waals surface area (Å²) in [5.41, 5.74) is 1.42. The van der Waals surface area contributed by atoms with E-state index < -0.39 is 27.9 Å². The topological polar surface area (TPSA) is 136 Å². The molecule has 0 spiro atoms. The molecule has 3 N–H and O–H groups in total. The van der Waals surface area contributed by atoms with Gasteiger partial charge in [-0.15, -0.1) is 0 Å². The van der Waals surface area contributed by atoms with Crippen LogP contribution in [-0.4, -0.2) is 39.4 Å². The molecule has 1 heterocycles. The molecular formula is C19H19N3O6S. The molecule has 3 rings (SSSR count). The summed E-state index contributed by atoms with van der Waals surface area (Å²) in [5.74, 6) is -1.27. The zero-order chi connectivity index (χ0) is 21.2. The number of amides is 2. The van der Waals surface area contributed by atoms with Gasteiger partial charge in [0.2, 0.25) is 15.9 Å². The van der Waals surface area contributed by atoms with Gasteiger partial charge >= 0.3 is 5.97 Å². The van der Waals surface area contributed by atoms with E-state index in [0.717, 1.165) is 10.5 Å². The van der Waals surface area contributed by atoms with Crippen molar-refractivity contribution in [3.63, 3.8) is 0 Å². The van der Waals surface area contributed by atoms with Gasteiger partial charge < -0.3 is 10.1 Å². The fraction of sp³-hybridized carbons (Fsp3) is 0.211. The molecule has 1 atom stereocenters. The van der Waals surface area contributed by atoms with Crippen LogP contribution in [0.4, 0.5) is 5.69 Å². The predicted octanol–water partition coefficient (Wildman–Crippen LogP) is 0.542. The average Bonchev–Trinajstić information content (AvgIpc) is 2.99. The molecule has 2 aromatic carbocycles. The number of primary sulfonamides is 1. The van der Waals surface area contributed by atoms with Gasteiger partial charge in [0.1, 0.15) is 0 Å². The molecule has 0 bridgehead atoms. The van der Waals surface area contributed by atoms with Crippen molar-refractivity contribution in [3.8, 4) is 0 Å². The van der Waals surface area contributed by atoms with Gasteiger partial charge in [0.15, 0.2) is 0 Å². The first-order chi connectivity index (χ1) is 13.7. The number of nitrogens with zero attached hydrogens (tertiary/aromatic N) is 1. The number of imide groups is 1. The van der Waals surface area contributed by atoms with E-state index in [0.29, 0.717) is 11.3 Å². The summed E-state index contributed by atoms with van der Waals surface area (Å²) < 4.78 is 27.2. The van der Waals surface area contributed by atoms with Crippen molar-refractivity contribution in [2.75, 3.05) is 12.0 Å². The first-order valence-corrected chi connectivity index (χ1v) is 10.2. The Balaban J connectivity index is 1.66. The van der Waals surface area contributed by atoms with Crippen LogP contribution in [0, 0.1) is 0 Å². The van der Waals surface area contributed by atoms with E-state index in [9.17, 15) is 22.8 Å². The lowest BCUT2D eigenvalue weighted by Crippen LogP contribution is -2.38. The first-order valence-electron chi connectivity index (χ1n) is 8.61. The van der Waals surface area contributed by atoms with Gasteiger partial charge in [-0.3, -0.25) is 9.59 Å². The third-order valence-corrected chi connectivity index (χ3v) is 5.43. The minimum absolute atomic E-state index is 0.00468. The number of rotatable bonds is 6. The van der Waals surface area contributed by atoms with Crippen LogP contribution in [0.5, 0.6) is 0 Å². The average molecular weight is 417 g/mol. The van der Waals surface area contributed by atoms with Gasteiger partial charge in [-0.25, -0.2) is 23.3 Å². The maximum absolute atomic E-state index is 12.7. The lowest BCUT2D eigenvalue weighted by molar-refractivity contribution is -0.121. The molecule has 1 saturated heterocycles. The third-order valence-electron chi connectivity index (χ3n) is 4.50. The van der Waals surface area contributed by atoms with Crippen molar-refractivity contribution in [1.29, 1.82) is 0 Å². The van der Waals surface area contributed by atoms with Crippen molar-refractivity contribution in [2.24, 2.45) is 5.14 Å². The highest BCUT2D eigenvalue weighted by atomic mass is 32.2. The zero-order valence-corrected chi connectivity index (χ0v) is 16.3. The Morgan fingerprint density at radius 1 is 1.14 bits per heavy atom. The smallest absolute Gasteiger partial charge is 0.337 e. The van der Waals surface area contributed by atoms with E-state index >= 15 is 0 Å². The monoisotopic (exact) mass is 417 g/mol. The maximum atomic E-state index is 12.7. The van der Waals surface area contributed by atoms with Crippen LogP contribution >= 0.6 is 0 Å². The second-order valence-corrected chi connectivity index (χ2v) is 7.99. The number of methoxy groups -OCH3 is 1. The molecule has 0 aromatic heterocycles. The maximum Gasteiger partial charge on any atom is 0.337 e. The van der Waals surface area contributed by atoms with Crippen LogP contribution in [0.2, 0.25) is 0 Å². The Morgan fingerprint density at radius 3 is 2.31 bits per heavy atom. The first kappa shape index (κ1) is 20.6. The minimum atomic E-state index is -3.77. The number of hydrogen-bond donors (Lipinski definition) is 2. The molecule has 0 aliphatic carbocycles. The second-order valence-electron chi connectivity index (χ2n) is 6.43. The number of sulfonamides is 1. The molecule has 2 amide bonds. The fourth-order valence-electron chi connectivity index (χ4n) is 2.97. The van der Waals surface area contributed by atoms with Gasteiger partial charge in [-0.05, 0) is 42.0 Å². The van der Waals surface area contributed by atoms with Gasteiger partial charge in [-0.2, -0.15) is 0 Å². The van der Waals surface area contributed by atoms with Crippen LogP contribution in [-0.2, 0) is 30.9 Å². The number of esters is 1. The highest BCUT2D eigenvalue weighted by Crippen LogP contribution is 2.24. The summed E-state index contributed by atoms with van der Waals surface area (Å²) in [5, 5.41) is 8.07. The fourth-order valence-corrected chi connectivity index (χ4v) is 3.48.